The van der Waals surface area contributed by atoms with Gasteiger partial charge in [0.05, 0.1) is 16.9 Å². The topological polar surface area (TPSA) is 42.1 Å². The number of rotatable bonds is 3. The fraction of sp³-hybridized carbons (Fsp3) is 0.308. The molecule has 2 rings (SSSR count). The molecule has 3 nitrogen and oxygen atoms in total. The Morgan fingerprint density at radius 2 is 1.94 bits per heavy atom. The lowest BCUT2D eigenvalue weighted by Gasteiger charge is -2.23. The second-order valence-corrected chi connectivity index (χ2v) is 3.75. The van der Waals surface area contributed by atoms with Gasteiger partial charge in [0.1, 0.15) is 0 Å². The Bertz CT molecular complexity index is 490. The van der Waals surface area contributed by atoms with E-state index in [1.807, 2.05) is 24.4 Å². The molecule has 0 aliphatic carbocycles. The minimum Gasteiger partial charge on any atom is -0.397 e. The Labute approximate surface area is 95.9 Å². The van der Waals surface area contributed by atoms with Crippen LogP contribution in [0.15, 0.2) is 30.5 Å². The summed E-state index contributed by atoms with van der Waals surface area (Å²) in [5, 5.41) is 1.14. The summed E-state index contributed by atoms with van der Waals surface area (Å²) in [7, 11) is 0. The highest BCUT2D eigenvalue weighted by molar-refractivity contribution is 5.97. The van der Waals surface area contributed by atoms with Crippen LogP contribution in [0.2, 0.25) is 0 Å². The first kappa shape index (κ1) is 10.7. The van der Waals surface area contributed by atoms with E-state index in [4.69, 9.17) is 5.73 Å². The zero-order valence-corrected chi connectivity index (χ0v) is 9.77. The summed E-state index contributed by atoms with van der Waals surface area (Å²) >= 11 is 0. The van der Waals surface area contributed by atoms with E-state index in [1.165, 1.54) is 0 Å². The molecule has 0 atom stereocenters. The maximum atomic E-state index is 6.06. The third-order valence-corrected chi connectivity index (χ3v) is 2.86. The predicted octanol–water partition coefficient (Wildman–Crippen LogP) is 2.66. The second-order valence-electron chi connectivity index (χ2n) is 3.75. The molecule has 3 heteroatoms. The average Bonchev–Trinajstić information content (AvgIpc) is 2.33. The van der Waals surface area contributed by atoms with Gasteiger partial charge in [-0.2, -0.15) is 0 Å². The minimum absolute atomic E-state index is 0.801. The van der Waals surface area contributed by atoms with Crippen molar-refractivity contribution in [1.82, 2.24) is 4.98 Å². The van der Waals surface area contributed by atoms with Crippen LogP contribution in [0.1, 0.15) is 13.8 Å². The first-order valence-electron chi connectivity index (χ1n) is 5.66. The molecule has 16 heavy (non-hydrogen) atoms. The molecule has 1 aromatic heterocycles. The normalized spacial score (nSPS) is 10.6. The van der Waals surface area contributed by atoms with Crippen LogP contribution >= 0.6 is 0 Å². The lowest BCUT2D eigenvalue weighted by atomic mass is 10.1. The maximum absolute atomic E-state index is 6.06. The van der Waals surface area contributed by atoms with Crippen molar-refractivity contribution in [3.63, 3.8) is 0 Å². The van der Waals surface area contributed by atoms with Gasteiger partial charge in [-0.15, -0.1) is 0 Å². The number of hydrogen-bond acceptors (Lipinski definition) is 3. The number of anilines is 2. The zero-order valence-electron chi connectivity index (χ0n) is 9.77. The molecule has 0 fully saturated rings. The fourth-order valence-electron chi connectivity index (χ4n) is 2.02. The molecule has 0 bridgehead atoms. The third kappa shape index (κ3) is 1.69. The smallest absolute Gasteiger partial charge is 0.0956 e. The Morgan fingerprint density at radius 3 is 2.62 bits per heavy atom. The number of pyridine rings is 1. The number of nitrogens with zero attached hydrogens (tertiary/aromatic N) is 2. The summed E-state index contributed by atoms with van der Waals surface area (Å²) in [6.45, 7) is 6.14. The van der Waals surface area contributed by atoms with Crippen LogP contribution in [0.25, 0.3) is 10.9 Å². The van der Waals surface area contributed by atoms with Gasteiger partial charge >= 0.3 is 0 Å². The molecule has 0 radical (unpaired) electrons. The Kier molecular flexibility index (Phi) is 2.95. The molecule has 0 saturated carbocycles. The average molecular weight is 215 g/mol. The first-order valence-corrected chi connectivity index (χ1v) is 5.66. The summed E-state index contributed by atoms with van der Waals surface area (Å²) in [4.78, 5) is 6.68. The van der Waals surface area contributed by atoms with Crippen LogP contribution in [0, 0.1) is 0 Å². The minimum atomic E-state index is 0.801. The van der Waals surface area contributed by atoms with Crippen LogP contribution < -0.4 is 10.6 Å². The third-order valence-electron chi connectivity index (χ3n) is 2.86. The molecule has 2 aromatic rings. The molecule has 84 valence electrons. The van der Waals surface area contributed by atoms with Gasteiger partial charge in [-0.1, -0.05) is 12.1 Å². The summed E-state index contributed by atoms with van der Waals surface area (Å²) in [5.74, 6) is 0. The van der Waals surface area contributed by atoms with E-state index < -0.39 is 0 Å². The SMILES string of the molecule is CCN(CC)c1c(N)ccc2cccnc12. The van der Waals surface area contributed by atoms with Crippen LogP contribution in [0.3, 0.4) is 0 Å². The molecule has 0 spiro atoms. The Balaban J connectivity index is 2.69. The van der Waals surface area contributed by atoms with E-state index in [0.29, 0.717) is 0 Å². The maximum Gasteiger partial charge on any atom is 0.0956 e. The van der Waals surface area contributed by atoms with Gasteiger partial charge in [-0.25, -0.2) is 0 Å². The summed E-state index contributed by atoms with van der Waals surface area (Å²) in [6, 6.07) is 7.99. The van der Waals surface area contributed by atoms with E-state index >= 15 is 0 Å². The van der Waals surface area contributed by atoms with Crippen molar-refractivity contribution in [3.8, 4) is 0 Å². The predicted molar refractivity (Wildman–Crippen MR) is 69.7 cm³/mol. The van der Waals surface area contributed by atoms with Crippen LogP contribution in [0.4, 0.5) is 11.4 Å². The summed E-state index contributed by atoms with van der Waals surface area (Å²) < 4.78 is 0. The van der Waals surface area contributed by atoms with E-state index in [-0.39, 0.29) is 0 Å². The molecule has 1 heterocycles. The number of fused-ring (bicyclic) bond motifs is 1. The van der Waals surface area contributed by atoms with Crippen LogP contribution in [-0.4, -0.2) is 18.1 Å². The van der Waals surface area contributed by atoms with Gasteiger partial charge in [0, 0.05) is 24.7 Å². The first-order chi connectivity index (χ1) is 7.77. The van der Waals surface area contributed by atoms with Crippen molar-refractivity contribution < 1.29 is 0 Å². The lowest BCUT2D eigenvalue weighted by molar-refractivity contribution is 0.870. The van der Waals surface area contributed by atoms with E-state index in [0.717, 1.165) is 35.4 Å². The highest BCUT2D eigenvalue weighted by Gasteiger charge is 2.11. The number of benzene rings is 1. The lowest BCUT2D eigenvalue weighted by Crippen LogP contribution is -2.23. The molecule has 0 saturated heterocycles. The molecule has 0 aliphatic rings. The zero-order chi connectivity index (χ0) is 11.5. The van der Waals surface area contributed by atoms with Crippen molar-refractivity contribution in [2.75, 3.05) is 23.7 Å². The summed E-state index contributed by atoms with van der Waals surface area (Å²) in [5.41, 5.74) is 8.91. The second kappa shape index (κ2) is 4.39. The van der Waals surface area contributed by atoms with Gasteiger partial charge in [0.15, 0.2) is 0 Å². The van der Waals surface area contributed by atoms with Crippen molar-refractivity contribution in [1.29, 1.82) is 0 Å². The number of hydrogen-bond donors (Lipinski definition) is 1. The highest BCUT2D eigenvalue weighted by atomic mass is 15.1. The molecular formula is C13H17N3. The molecule has 0 amide bonds. The summed E-state index contributed by atoms with van der Waals surface area (Å²) in [6.07, 6.45) is 1.81. The Hall–Kier alpha value is -1.77. The van der Waals surface area contributed by atoms with E-state index in [1.54, 1.807) is 0 Å². The number of aromatic nitrogens is 1. The molecule has 1 aromatic carbocycles. The standard InChI is InChI=1S/C13H17N3/c1-3-16(4-2)13-11(14)8-7-10-6-5-9-15-12(10)13/h5-9H,3-4,14H2,1-2H3. The van der Waals surface area contributed by atoms with Gasteiger partial charge in [-0.3, -0.25) is 4.98 Å². The monoisotopic (exact) mass is 215 g/mol. The van der Waals surface area contributed by atoms with Crippen molar-refractivity contribution in [3.05, 3.63) is 30.5 Å². The van der Waals surface area contributed by atoms with Gasteiger partial charge in [0.2, 0.25) is 0 Å². The van der Waals surface area contributed by atoms with E-state index in [9.17, 15) is 0 Å². The number of nitrogen functional groups attached to an aromatic ring is 1. The molecule has 0 unspecified atom stereocenters. The van der Waals surface area contributed by atoms with Gasteiger partial charge < -0.3 is 10.6 Å². The molecule has 0 aliphatic heterocycles. The highest BCUT2D eigenvalue weighted by Crippen LogP contribution is 2.30. The molecule has 2 N–H and O–H groups in total. The van der Waals surface area contributed by atoms with Gasteiger partial charge in [0.25, 0.3) is 0 Å². The largest absolute Gasteiger partial charge is 0.397 e. The molecular weight excluding hydrogens is 198 g/mol. The number of nitrogens with two attached hydrogens (primary N) is 1. The quantitative estimate of drug-likeness (QED) is 0.800. The Morgan fingerprint density at radius 1 is 1.19 bits per heavy atom. The van der Waals surface area contributed by atoms with Crippen LogP contribution in [0.5, 0.6) is 0 Å². The van der Waals surface area contributed by atoms with Crippen LogP contribution in [-0.2, 0) is 0 Å². The van der Waals surface area contributed by atoms with Crippen molar-refractivity contribution in [2.24, 2.45) is 0 Å². The van der Waals surface area contributed by atoms with Crippen molar-refractivity contribution in [2.45, 2.75) is 13.8 Å². The van der Waals surface area contributed by atoms with Gasteiger partial charge in [-0.05, 0) is 26.0 Å². The van der Waals surface area contributed by atoms with E-state index in [2.05, 4.69) is 29.8 Å². The fourth-order valence-corrected chi connectivity index (χ4v) is 2.02. The van der Waals surface area contributed by atoms with Crippen molar-refractivity contribution >= 4 is 22.3 Å².